The summed E-state index contributed by atoms with van der Waals surface area (Å²) in [5.41, 5.74) is -0.195. The first-order valence-corrected chi connectivity index (χ1v) is 7.78. The van der Waals surface area contributed by atoms with E-state index in [1.807, 2.05) is 0 Å². The molecule has 0 aliphatic heterocycles. The molecule has 0 saturated carbocycles. The highest BCUT2D eigenvalue weighted by atomic mass is 32.2. The number of carbonyl (C=O) groups is 1. The van der Waals surface area contributed by atoms with Crippen molar-refractivity contribution in [3.8, 4) is 5.75 Å². The summed E-state index contributed by atoms with van der Waals surface area (Å²) in [6.07, 6.45) is 1.33. The second kappa shape index (κ2) is 7.64. The number of nitrogens with zero attached hydrogens (tertiary/aromatic N) is 2. The highest BCUT2D eigenvalue weighted by Crippen LogP contribution is 2.30. The van der Waals surface area contributed by atoms with Crippen LogP contribution in [-0.2, 0) is 4.79 Å². The van der Waals surface area contributed by atoms with Crippen molar-refractivity contribution in [2.75, 3.05) is 12.4 Å². The van der Waals surface area contributed by atoms with Crippen molar-refractivity contribution in [3.63, 3.8) is 0 Å². The molecule has 2 rings (SSSR count). The van der Waals surface area contributed by atoms with E-state index in [9.17, 15) is 20.1 Å². The fraction of sp³-hybridized carbons (Fsp3) is 0.200. The van der Waals surface area contributed by atoms with E-state index in [1.54, 1.807) is 25.1 Å². The van der Waals surface area contributed by atoms with Crippen LogP contribution in [0.25, 0.3) is 0 Å². The standard InChI is InChI=1S/C15H15N3O5S/c1-10(24-14-5-3-4-8-17(14)20)15(19)16-12-7-6-11(23-2)9-13(12)18(21)22/h3-10H,1-2H3,(H,16,19)/t10-/m1/s1. The fourth-order valence-electron chi connectivity index (χ4n) is 1.87. The minimum absolute atomic E-state index is 0.0707. The summed E-state index contributed by atoms with van der Waals surface area (Å²) in [6, 6.07) is 9.03. The molecule has 9 heteroatoms. The second-order valence-corrected chi connectivity index (χ2v) is 6.12. The normalized spacial score (nSPS) is 11.6. The number of rotatable bonds is 6. The number of methoxy groups -OCH3 is 1. The van der Waals surface area contributed by atoms with E-state index in [4.69, 9.17) is 4.74 Å². The highest BCUT2D eigenvalue weighted by molar-refractivity contribution is 8.00. The van der Waals surface area contributed by atoms with Gasteiger partial charge in [0.1, 0.15) is 11.4 Å². The molecule has 2 aromatic rings. The van der Waals surface area contributed by atoms with Crippen molar-refractivity contribution in [2.45, 2.75) is 17.2 Å². The Kier molecular flexibility index (Phi) is 5.59. The molecule has 1 N–H and O–H groups in total. The molecule has 0 aliphatic carbocycles. The Morgan fingerprint density at radius 1 is 1.38 bits per heavy atom. The van der Waals surface area contributed by atoms with E-state index in [-0.39, 0.29) is 11.4 Å². The molecule has 0 spiro atoms. The Labute approximate surface area is 142 Å². The van der Waals surface area contributed by atoms with Crippen LogP contribution in [0.15, 0.2) is 47.6 Å². The topological polar surface area (TPSA) is 108 Å². The molecule has 0 radical (unpaired) electrons. The molecule has 0 saturated heterocycles. The van der Waals surface area contributed by atoms with Gasteiger partial charge in [0.05, 0.1) is 23.3 Å². The quantitative estimate of drug-likeness (QED) is 0.282. The third-order valence-corrected chi connectivity index (χ3v) is 4.24. The smallest absolute Gasteiger partial charge is 0.296 e. The lowest BCUT2D eigenvalue weighted by Crippen LogP contribution is -2.30. The van der Waals surface area contributed by atoms with Crippen LogP contribution < -0.4 is 14.8 Å². The number of hydrogen-bond donors (Lipinski definition) is 1. The lowest BCUT2D eigenvalue weighted by Gasteiger charge is -2.12. The zero-order valence-electron chi connectivity index (χ0n) is 13.0. The Morgan fingerprint density at radius 3 is 2.75 bits per heavy atom. The summed E-state index contributed by atoms with van der Waals surface area (Å²) < 4.78 is 5.60. The molecule has 8 nitrogen and oxygen atoms in total. The average Bonchev–Trinajstić information content (AvgIpc) is 2.57. The molecule has 1 atom stereocenters. The molecule has 24 heavy (non-hydrogen) atoms. The van der Waals surface area contributed by atoms with E-state index < -0.39 is 16.1 Å². The van der Waals surface area contributed by atoms with Gasteiger partial charge in [0.15, 0.2) is 6.20 Å². The van der Waals surface area contributed by atoms with Crippen molar-refractivity contribution in [1.82, 2.24) is 0 Å². The predicted octanol–water partition coefficient (Wildman–Crippen LogP) is 2.36. The minimum atomic E-state index is -0.616. The number of pyridine rings is 1. The van der Waals surface area contributed by atoms with Crippen LogP contribution in [0, 0.1) is 15.3 Å². The molecule has 0 unspecified atom stereocenters. The summed E-state index contributed by atoms with van der Waals surface area (Å²) in [6.45, 7) is 1.61. The summed E-state index contributed by atoms with van der Waals surface area (Å²) in [5.74, 6) is -0.129. The maximum absolute atomic E-state index is 12.3. The maximum atomic E-state index is 12.3. The number of anilines is 1. The number of nitro benzene ring substituents is 1. The summed E-state index contributed by atoms with van der Waals surface area (Å²) in [4.78, 5) is 22.8. The molecule has 1 amide bonds. The van der Waals surface area contributed by atoms with Gasteiger partial charge in [-0.05, 0) is 36.9 Å². The van der Waals surface area contributed by atoms with E-state index in [1.165, 1.54) is 31.5 Å². The molecule has 126 valence electrons. The number of ether oxygens (including phenoxy) is 1. The maximum Gasteiger partial charge on any atom is 0.296 e. The first-order valence-electron chi connectivity index (χ1n) is 6.90. The van der Waals surface area contributed by atoms with Crippen molar-refractivity contribution >= 4 is 29.0 Å². The summed E-state index contributed by atoms with van der Waals surface area (Å²) >= 11 is 1.06. The number of hydrogen-bond acceptors (Lipinski definition) is 6. The van der Waals surface area contributed by atoms with Gasteiger partial charge >= 0.3 is 0 Å². The van der Waals surface area contributed by atoms with E-state index in [0.717, 1.165) is 11.8 Å². The largest absolute Gasteiger partial charge is 0.618 e. The van der Waals surface area contributed by atoms with Crippen LogP contribution in [0.2, 0.25) is 0 Å². The highest BCUT2D eigenvalue weighted by Gasteiger charge is 2.22. The van der Waals surface area contributed by atoms with Gasteiger partial charge in [0.2, 0.25) is 5.91 Å². The van der Waals surface area contributed by atoms with Gasteiger partial charge < -0.3 is 15.3 Å². The molecule has 0 fully saturated rings. The molecule has 0 bridgehead atoms. The van der Waals surface area contributed by atoms with Gasteiger partial charge in [-0.1, -0.05) is 0 Å². The molecular weight excluding hydrogens is 334 g/mol. The second-order valence-electron chi connectivity index (χ2n) is 4.75. The SMILES string of the molecule is COc1ccc(NC(=O)[C@@H](C)Sc2cccc[n+]2[O-])c([N+](=O)[O-])c1. The van der Waals surface area contributed by atoms with E-state index in [0.29, 0.717) is 15.5 Å². The van der Waals surface area contributed by atoms with Crippen molar-refractivity contribution < 1.29 is 19.2 Å². The van der Waals surface area contributed by atoms with Crippen molar-refractivity contribution in [1.29, 1.82) is 0 Å². The third kappa shape index (κ3) is 4.13. The molecule has 1 heterocycles. The predicted molar refractivity (Wildman–Crippen MR) is 89.0 cm³/mol. The zero-order chi connectivity index (χ0) is 17.7. The van der Waals surface area contributed by atoms with Gasteiger partial charge in [-0.3, -0.25) is 14.9 Å². The van der Waals surface area contributed by atoms with Crippen LogP contribution >= 0.6 is 11.8 Å². The molecule has 1 aromatic carbocycles. The molecule has 1 aromatic heterocycles. The monoisotopic (exact) mass is 349 g/mol. The first kappa shape index (κ1) is 17.5. The van der Waals surface area contributed by atoms with Crippen LogP contribution in [-0.4, -0.2) is 23.2 Å². The Hall–Kier alpha value is -2.81. The Balaban J connectivity index is 2.14. The number of aromatic nitrogens is 1. The van der Waals surface area contributed by atoms with Crippen molar-refractivity contribution in [2.24, 2.45) is 0 Å². The zero-order valence-corrected chi connectivity index (χ0v) is 13.8. The van der Waals surface area contributed by atoms with Crippen LogP contribution in [0.1, 0.15) is 6.92 Å². The molecular formula is C15H15N3O5S. The van der Waals surface area contributed by atoms with Gasteiger partial charge in [-0.2, -0.15) is 4.73 Å². The number of nitro groups is 1. The van der Waals surface area contributed by atoms with Gasteiger partial charge in [-0.25, -0.2) is 0 Å². The Morgan fingerprint density at radius 2 is 2.12 bits per heavy atom. The average molecular weight is 349 g/mol. The summed E-state index contributed by atoms with van der Waals surface area (Å²) in [5, 5.41) is 25.0. The third-order valence-electron chi connectivity index (χ3n) is 3.11. The first-order chi connectivity index (χ1) is 11.4. The van der Waals surface area contributed by atoms with Crippen LogP contribution in [0.4, 0.5) is 11.4 Å². The van der Waals surface area contributed by atoms with E-state index >= 15 is 0 Å². The number of thioether (sulfide) groups is 1. The number of benzene rings is 1. The van der Waals surface area contributed by atoms with Crippen LogP contribution in [0.5, 0.6) is 5.75 Å². The van der Waals surface area contributed by atoms with Crippen molar-refractivity contribution in [3.05, 3.63) is 57.9 Å². The minimum Gasteiger partial charge on any atom is -0.618 e. The lowest BCUT2D eigenvalue weighted by atomic mass is 10.2. The van der Waals surface area contributed by atoms with Gasteiger partial charge in [0, 0.05) is 12.1 Å². The summed E-state index contributed by atoms with van der Waals surface area (Å²) in [7, 11) is 1.40. The van der Waals surface area contributed by atoms with Gasteiger partial charge in [-0.15, -0.1) is 0 Å². The lowest BCUT2D eigenvalue weighted by molar-refractivity contribution is -0.645. The molecule has 0 aliphatic rings. The van der Waals surface area contributed by atoms with E-state index in [2.05, 4.69) is 5.32 Å². The van der Waals surface area contributed by atoms with Crippen LogP contribution in [0.3, 0.4) is 0 Å². The fourth-order valence-corrected chi connectivity index (χ4v) is 2.72. The van der Waals surface area contributed by atoms with Gasteiger partial charge in [0.25, 0.3) is 10.7 Å². The number of nitrogens with one attached hydrogen (secondary N) is 1. The Bertz CT molecular complexity index is 769. The number of amides is 1. The number of carbonyl (C=O) groups excluding carboxylic acids is 1.